The number of guanidine groups is 1. The first kappa shape index (κ1) is 18.4. The fourth-order valence-corrected chi connectivity index (χ4v) is 3.24. The number of fused-ring (bicyclic) bond motifs is 1. The highest BCUT2D eigenvalue weighted by molar-refractivity contribution is 5.99. The number of nitrogens with zero attached hydrogens (tertiary/aromatic N) is 2. The number of carbonyl (C=O) groups is 1. The van der Waals surface area contributed by atoms with E-state index in [1.807, 2.05) is 54.8 Å². The van der Waals surface area contributed by atoms with Gasteiger partial charge in [0.1, 0.15) is 5.75 Å². The normalized spacial score (nSPS) is 15.7. The van der Waals surface area contributed by atoms with E-state index in [1.165, 1.54) is 0 Å². The Labute approximate surface area is 168 Å². The molecular formula is C22H21N5O2. The number of aliphatic imine (C=N–C) groups is 1. The number of rotatable bonds is 4. The first-order valence-electron chi connectivity index (χ1n) is 9.08. The average molecular weight is 387 g/mol. The van der Waals surface area contributed by atoms with Crippen LogP contribution in [0.2, 0.25) is 0 Å². The Balaban J connectivity index is 1.49. The van der Waals surface area contributed by atoms with Crippen LogP contribution >= 0.6 is 0 Å². The van der Waals surface area contributed by atoms with Crippen LogP contribution in [-0.4, -0.2) is 24.0 Å². The number of carbonyl (C=O) groups excluding carboxylic acids is 1. The van der Waals surface area contributed by atoms with Gasteiger partial charge in [-0.05, 0) is 41.5 Å². The zero-order chi connectivity index (χ0) is 20.4. The molecule has 2 aromatic carbocycles. The average Bonchev–Trinajstić information content (AvgIpc) is 3.10. The molecule has 146 valence electrons. The molecule has 2 aromatic rings. The van der Waals surface area contributed by atoms with Crippen LogP contribution < -0.4 is 21.2 Å². The minimum Gasteiger partial charge on any atom is -0.497 e. The maximum Gasteiger partial charge on any atom is 0.251 e. The van der Waals surface area contributed by atoms with E-state index < -0.39 is 0 Å². The number of hydrazine groups is 1. The van der Waals surface area contributed by atoms with Gasteiger partial charge in [0.25, 0.3) is 5.91 Å². The molecular weight excluding hydrogens is 366 g/mol. The van der Waals surface area contributed by atoms with Crippen LogP contribution in [0.25, 0.3) is 5.57 Å². The van der Waals surface area contributed by atoms with E-state index in [0.717, 1.165) is 28.1 Å². The molecule has 0 saturated heterocycles. The van der Waals surface area contributed by atoms with Crippen molar-refractivity contribution in [1.29, 1.82) is 0 Å². The molecule has 0 aromatic heterocycles. The van der Waals surface area contributed by atoms with Gasteiger partial charge in [-0.3, -0.25) is 15.2 Å². The summed E-state index contributed by atoms with van der Waals surface area (Å²) in [6.07, 6.45) is 5.69. The summed E-state index contributed by atoms with van der Waals surface area (Å²) in [5.74, 6) is 0.885. The second-order valence-corrected chi connectivity index (χ2v) is 6.60. The van der Waals surface area contributed by atoms with Crippen molar-refractivity contribution >= 4 is 23.1 Å². The highest BCUT2D eigenvalue weighted by Gasteiger charge is 2.19. The molecule has 7 nitrogen and oxygen atoms in total. The van der Waals surface area contributed by atoms with Crippen LogP contribution in [-0.2, 0) is 6.54 Å². The fourth-order valence-electron chi connectivity index (χ4n) is 3.24. The van der Waals surface area contributed by atoms with E-state index >= 15 is 0 Å². The Hall–Kier alpha value is -4.00. The molecule has 0 atom stereocenters. The highest BCUT2D eigenvalue weighted by atomic mass is 16.5. The van der Waals surface area contributed by atoms with Crippen LogP contribution in [0, 0.1) is 0 Å². The third kappa shape index (κ3) is 3.70. The van der Waals surface area contributed by atoms with E-state index in [0.29, 0.717) is 17.8 Å². The number of methoxy groups -OCH3 is 1. The standard InChI is InChI=1S/C22H21N5O2/c1-14-19(15-6-9-18(29-2)10-7-15)4-3-11-27(14)26-22(23)25-17-8-5-16-13-24-21(28)20(16)12-17/h3-12H,1,13H2,2H3,(H,24,28)(H3,23,25,26). The molecule has 1 amide bonds. The summed E-state index contributed by atoms with van der Waals surface area (Å²) >= 11 is 0. The number of nitrogens with two attached hydrogens (primary N) is 1. The van der Waals surface area contributed by atoms with Crippen molar-refractivity contribution in [1.82, 2.24) is 15.8 Å². The molecule has 2 aliphatic rings. The summed E-state index contributed by atoms with van der Waals surface area (Å²) in [5.41, 5.74) is 14.0. The maximum atomic E-state index is 11.8. The number of nitrogens with one attached hydrogen (secondary N) is 2. The molecule has 0 saturated carbocycles. The lowest BCUT2D eigenvalue weighted by atomic mass is 10.0. The second kappa shape index (κ2) is 7.55. The molecule has 7 heteroatoms. The van der Waals surface area contributed by atoms with Crippen molar-refractivity contribution in [2.45, 2.75) is 6.54 Å². The lowest BCUT2D eigenvalue weighted by molar-refractivity contribution is 0.0966. The predicted molar refractivity (Wildman–Crippen MR) is 113 cm³/mol. The molecule has 0 spiro atoms. The van der Waals surface area contributed by atoms with Gasteiger partial charge in [-0.2, -0.15) is 0 Å². The number of allylic oxidation sites excluding steroid dienone is 3. The largest absolute Gasteiger partial charge is 0.497 e. The van der Waals surface area contributed by atoms with Crippen molar-refractivity contribution in [3.63, 3.8) is 0 Å². The van der Waals surface area contributed by atoms with Crippen molar-refractivity contribution < 1.29 is 9.53 Å². The summed E-state index contributed by atoms with van der Waals surface area (Å²) < 4.78 is 5.21. The van der Waals surface area contributed by atoms with Gasteiger partial charge in [-0.15, -0.1) is 0 Å². The van der Waals surface area contributed by atoms with Crippen LogP contribution in [0.4, 0.5) is 5.69 Å². The fraction of sp³-hybridized carbons (Fsp3) is 0.0909. The zero-order valence-corrected chi connectivity index (χ0v) is 16.0. The maximum absolute atomic E-state index is 11.8. The molecule has 0 fully saturated rings. The lowest BCUT2D eigenvalue weighted by Gasteiger charge is -2.28. The molecule has 2 heterocycles. The molecule has 29 heavy (non-hydrogen) atoms. The topological polar surface area (TPSA) is 92.0 Å². The third-order valence-corrected chi connectivity index (χ3v) is 4.76. The molecule has 0 bridgehead atoms. The first-order valence-corrected chi connectivity index (χ1v) is 9.08. The van der Waals surface area contributed by atoms with Gasteiger partial charge >= 0.3 is 0 Å². The summed E-state index contributed by atoms with van der Waals surface area (Å²) in [7, 11) is 1.64. The SMILES string of the molecule is C=C1C(c2ccc(OC)cc2)=CC=CN1NC(N)=Nc1ccc2c(c1)C(=O)NC2. The summed E-state index contributed by atoms with van der Waals surface area (Å²) in [4.78, 5) is 16.2. The highest BCUT2D eigenvalue weighted by Crippen LogP contribution is 2.28. The third-order valence-electron chi connectivity index (χ3n) is 4.76. The minimum absolute atomic E-state index is 0.0924. The molecule has 0 radical (unpaired) electrons. The van der Waals surface area contributed by atoms with E-state index in [9.17, 15) is 4.79 Å². The summed E-state index contributed by atoms with van der Waals surface area (Å²) in [5, 5.41) is 4.49. The van der Waals surface area contributed by atoms with Crippen molar-refractivity contribution in [2.75, 3.05) is 7.11 Å². The summed E-state index contributed by atoms with van der Waals surface area (Å²) in [6.45, 7) is 4.71. The van der Waals surface area contributed by atoms with Gasteiger partial charge in [-0.1, -0.05) is 30.9 Å². The lowest BCUT2D eigenvalue weighted by Crippen LogP contribution is -2.42. The zero-order valence-electron chi connectivity index (χ0n) is 16.0. The Bertz CT molecular complexity index is 1070. The number of amides is 1. The van der Waals surface area contributed by atoms with Gasteiger partial charge in [0.2, 0.25) is 5.96 Å². The first-order chi connectivity index (χ1) is 14.0. The quantitative estimate of drug-likeness (QED) is 0.554. The Kier molecular flexibility index (Phi) is 4.78. The molecule has 2 aliphatic heterocycles. The smallest absolute Gasteiger partial charge is 0.251 e. The number of hydrogen-bond donors (Lipinski definition) is 3. The van der Waals surface area contributed by atoms with E-state index in [-0.39, 0.29) is 11.9 Å². The van der Waals surface area contributed by atoms with Gasteiger partial charge in [-0.25, -0.2) is 4.99 Å². The van der Waals surface area contributed by atoms with E-state index in [2.05, 4.69) is 22.3 Å². The van der Waals surface area contributed by atoms with Crippen LogP contribution in [0.3, 0.4) is 0 Å². The molecule has 4 rings (SSSR count). The number of hydrogen-bond acceptors (Lipinski definition) is 4. The van der Waals surface area contributed by atoms with Crippen LogP contribution in [0.15, 0.2) is 78.1 Å². The van der Waals surface area contributed by atoms with Crippen LogP contribution in [0.1, 0.15) is 21.5 Å². The second-order valence-electron chi connectivity index (χ2n) is 6.60. The van der Waals surface area contributed by atoms with Gasteiger partial charge in [0.15, 0.2) is 0 Å². The Morgan fingerprint density at radius 1 is 1.28 bits per heavy atom. The van der Waals surface area contributed by atoms with Crippen molar-refractivity contribution in [2.24, 2.45) is 10.7 Å². The molecule has 0 aliphatic carbocycles. The number of ether oxygens (including phenoxy) is 1. The van der Waals surface area contributed by atoms with E-state index in [4.69, 9.17) is 10.5 Å². The Morgan fingerprint density at radius 2 is 2.07 bits per heavy atom. The molecule has 0 unspecified atom stereocenters. The number of benzene rings is 2. The van der Waals surface area contributed by atoms with Gasteiger partial charge < -0.3 is 15.8 Å². The van der Waals surface area contributed by atoms with Crippen molar-refractivity contribution in [3.8, 4) is 5.75 Å². The van der Waals surface area contributed by atoms with Gasteiger partial charge in [0, 0.05) is 23.9 Å². The van der Waals surface area contributed by atoms with Crippen LogP contribution in [0.5, 0.6) is 5.75 Å². The minimum atomic E-state index is -0.0924. The van der Waals surface area contributed by atoms with E-state index in [1.54, 1.807) is 18.2 Å². The summed E-state index contributed by atoms with van der Waals surface area (Å²) in [6, 6.07) is 13.2. The monoisotopic (exact) mass is 387 g/mol. The Morgan fingerprint density at radius 3 is 2.83 bits per heavy atom. The van der Waals surface area contributed by atoms with Gasteiger partial charge in [0.05, 0.1) is 18.5 Å². The molecule has 4 N–H and O–H groups in total. The predicted octanol–water partition coefficient (Wildman–Crippen LogP) is 2.82. The van der Waals surface area contributed by atoms with Crippen molar-refractivity contribution in [3.05, 3.63) is 89.8 Å².